The molecule has 164 valence electrons. The van der Waals surface area contributed by atoms with Gasteiger partial charge in [0.2, 0.25) is 0 Å². The van der Waals surface area contributed by atoms with E-state index in [0.717, 1.165) is 47.4 Å². The van der Waals surface area contributed by atoms with Gasteiger partial charge in [-0.3, -0.25) is 4.98 Å². The number of rotatable bonds is 9. The average Bonchev–Trinajstić information content (AvgIpc) is 3.62. The largest absolute Gasteiger partial charge is 0.493 e. The number of aromatic nitrogens is 2. The third kappa shape index (κ3) is 4.71. The first-order chi connectivity index (χ1) is 15.1. The summed E-state index contributed by atoms with van der Waals surface area (Å²) < 4.78 is 17.5. The van der Waals surface area contributed by atoms with Crippen molar-refractivity contribution in [1.29, 1.82) is 0 Å². The number of benzene rings is 1. The van der Waals surface area contributed by atoms with Gasteiger partial charge in [-0.2, -0.15) is 0 Å². The number of carboxylic acid groups (broad SMARTS) is 1. The zero-order chi connectivity index (χ0) is 21.8. The van der Waals surface area contributed by atoms with Gasteiger partial charge in [0.1, 0.15) is 11.5 Å². The molecular formula is C24H28N2O5. The molecule has 2 aromatic rings. The summed E-state index contributed by atoms with van der Waals surface area (Å²) in [6, 6.07) is 3.86. The molecule has 1 aliphatic heterocycles. The molecule has 1 aliphatic carbocycles. The van der Waals surface area contributed by atoms with Crippen LogP contribution in [0.2, 0.25) is 0 Å². The molecule has 0 unspecified atom stereocenters. The van der Waals surface area contributed by atoms with E-state index in [0.29, 0.717) is 50.2 Å². The van der Waals surface area contributed by atoms with E-state index >= 15 is 0 Å². The van der Waals surface area contributed by atoms with Gasteiger partial charge in [0.05, 0.1) is 43.4 Å². The lowest BCUT2D eigenvalue weighted by molar-refractivity contribution is 0.0688. The third-order valence-electron chi connectivity index (χ3n) is 5.50. The number of carbonyl (C=O) groups is 1. The molecule has 0 bridgehead atoms. The highest BCUT2D eigenvalue weighted by Crippen LogP contribution is 2.42. The molecule has 1 aromatic carbocycles. The van der Waals surface area contributed by atoms with E-state index < -0.39 is 5.97 Å². The zero-order valence-corrected chi connectivity index (χ0v) is 18.0. The minimum absolute atomic E-state index is 0.0209. The highest BCUT2D eigenvalue weighted by molar-refractivity contribution is 5.87. The Morgan fingerprint density at radius 1 is 1.23 bits per heavy atom. The molecule has 0 spiro atoms. The van der Waals surface area contributed by atoms with Gasteiger partial charge in [0, 0.05) is 24.1 Å². The maximum Gasteiger partial charge on any atom is 0.356 e. The molecule has 1 N–H and O–H groups in total. The monoisotopic (exact) mass is 424 g/mol. The fourth-order valence-corrected chi connectivity index (χ4v) is 3.87. The number of ether oxygens (including phenoxy) is 3. The molecule has 2 aliphatic rings. The zero-order valence-electron chi connectivity index (χ0n) is 18.0. The standard InChI is InChI=1S/C24H28N2O5/c1-3-30-20-8-7-17(23(31-4-2)21(20)16-9-11-29-12-10-16)13-18-22(24(27)28)26-19(14-25-18)15-5-6-15/h7-9,14-15H,3-6,10-13H2,1-2H3,(H,27,28). The van der Waals surface area contributed by atoms with Crippen LogP contribution in [0, 0.1) is 0 Å². The maximum atomic E-state index is 11.9. The van der Waals surface area contributed by atoms with Gasteiger partial charge in [-0.1, -0.05) is 12.1 Å². The predicted molar refractivity (Wildman–Crippen MR) is 116 cm³/mol. The van der Waals surface area contributed by atoms with E-state index in [1.54, 1.807) is 6.20 Å². The second-order valence-corrected chi connectivity index (χ2v) is 7.69. The molecule has 1 saturated carbocycles. The Hall–Kier alpha value is -2.93. The van der Waals surface area contributed by atoms with Crippen molar-refractivity contribution in [1.82, 2.24) is 9.97 Å². The Morgan fingerprint density at radius 2 is 2.03 bits per heavy atom. The van der Waals surface area contributed by atoms with E-state index in [9.17, 15) is 9.90 Å². The second kappa shape index (κ2) is 9.47. The average molecular weight is 424 g/mol. The number of carboxylic acids is 1. The van der Waals surface area contributed by atoms with Gasteiger partial charge in [-0.05, 0) is 44.7 Å². The van der Waals surface area contributed by atoms with E-state index in [2.05, 4.69) is 16.0 Å². The smallest absolute Gasteiger partial charge is 0.356 e. The van der Waals surface area contributed by atoms with Crippen molar-refractivity contribution in [3.05, 3.63) is 52.6 Å². The van der Waals surface area contributed by atoms with Crippen LogP contribution in [0.5, 0.6) is 11.5 Å². The molecule has 7 nitrogen and oxygen atoms in total. The van der Waals surface area contributed by atoms with Gasteiger partial charge >= 0.3 is 5.97 Å². The summed E-state index contributed by atoms with van der Waals surface area (Å²) in [5.74, 6) is 0.764. The molecule has 7 heteroatoms. The molecule has 0 radical (unpaired) electrons. The van der Waals surface area contributed by atoms with Crippen LogP contribution >= 0.6 is 0 Å². The first-order valence-corrected chi connectivity index (χ1v) is 10.9. The first-order valence-electron chi connectivity index (χ1n) is 10.9. The molecule has 2 heterocycles. The third-order valence-corrected chi connectivity index (χ3v) is 5.50. The Balaban J connectivity index is 1.78. The summed E-state index contributed by atoms with van der Waals surface area (Å²) in [7, 11) is 0. The Labute approximate surface area is 182 Å². The summed E-state index contributed by atoms with van der Waals surface area (Å²) >= 11 is 0. The van der Waals surface area contributed by atoms with Gasteiger partial charge in [0.15, 0.2) is 5.69 Å². The summed E-state index contributed by atoms with van der Waals surface area (Å²) in [5, 5.41) is 9.74. The van der Waals surface area contributed by atoms with Crippen LogP contribution in [-0.2, 0) is 11.2 Å². The van der Waals surface area contributed by atoms with Crippen LogP contribution < -0.4 is 9.47 Å². The molecular weight excluding hydrogens is 396 g/mol. The van der Waals surface area contributed by atoms with Gasteiger partial charge in [0.25, 0.3) is 0 Å². The Bertz CT molecular complexity index is 998. The summed E-state index contributed by atoms with van der Waals surface area (Å²) in [4.78, 5) is 20.8. The van der Waals surface area contributed by atoms with Crippen molar-refractivity contribution in [2.45, 2.75) is 45.4 Å². The van der Waals surface area contributed by atoms with Crippen molar-refractivity contribution >= 4 is 11.5 Å². The van der Waals surface area contributed by atoms with Crippen molar-refractivity contribution in [2.24, 2.45) is 0 Å². The van der Waals surface area contributed by atoms with E-state index in [4.69, 9.17) is 14.2 Å². The van der Waals surface area contributed by atoms with Gasteiger partial charge < -0.3 is 19.3 Å². The molecule has 0 saturated heterocycles. The molecule has 31 heavy (non-hydrogen) atoms. The van der Waals surface area contributed by atoms with Crippen molar-refractivity contribution in [3.63, 3.8) is 0 Å². The lowest BCUT2D eigenvalue weighted by atomic mass is 9.94. The number of aromatic carboxylic acids is 1. The molecule has 4 rings (SSSR count). The fraction of sp³-hybridized carbons (Fsp3) is 0.458. The molecule has 0 atom stereocenters. The fourth-order valence-electron chi connectivity index (χ4n) is 3.87. The highest BCUT2D eigenvalue weighted by atomic mass is 16.5. The number of nitrogens with zero attached hydrogens (tertiary/aromatic N) is 2. The quantitative estimate of drug-likeness (QED) is 0.644. The lowest BCUT2D eigenvalue weighted by Crippen LogP contribution is -2.12. The van der Waals surface area contributed by atoms with Crippen LogP contribution in [0.15, 0.2) is 24.4 Å². The second-order valence-electron chi connectivity index (χ2n) is 7.69. The summed E-state index contributed by atoms with van der Waals surface area (Å²) in [5.41, 5.74) is 4.13. The molecule has 0 amide bonds. The SMILES string of the molecule is CCOc1ccc(Cc2ncc(C3CC3)nc2C(=O)O)c(OCC)c1C1=CCOCC1. The van der Waals surface area contributed by atoms with Crippen molar-refractivity contribution in [2.75, 3.05) is 26.4 Å². The predicted octanol–water partition coefficient (Wildman–Crippen LogP) is 4.24. The minimum Gasteiger partial charge on any atom is -0.493 e. The first kappa shape index (κ1) is 21.3. The molecule has 1 fully saturated rings. The molecule has 1 aromatic heterocycles. The number of hydrogen-bond acceptors (Lipinski definition) is 6. The van der Waals surface area contributed by atoms with Crippen LogP contribution in [-0.4, -0.2) is 47.5 Å². The van der Waals surface area contributed by atoms with Crippen molar-refractivity contribution < 1.29 is 24.1 Å². The normalized spacial score (nSPS) is 16.0. The summed E-state index contributed by atoms with van der Waals surface area (Å²) in [6.45, 7) is 6.10. The van der Waals surface area contributed by atoms with Crippen LogP contribution in [0.1, 0.15) is 72.0 Å². The summed E-state index contributed by atoms with van der Waals surface area (Å²) in [6.07, 6.45) is 6.94. The van der Waals surface area contributed by atoms with E-state index in [1.165, 1.54) is 0 Å². The van der Waals surface area contributed by atoms with E-state index in [1.807, 2.05) is 26.0 Å². The number of hydrogen-bond donors (Lipinski definition) is 1. The van der Waals surface area contributed by atoms with Crippen molar-refractivity contribution in [3.8, 4) is 11.5 Å². The van der Waals surface area contributed by atoms with E-state index in [-0.39, 0.29) is 5.69 Å². The lowest BCUT2D eigenvalue weighted by Gasteiger charge is -2.22. The maximum absolute atomic E-state index is 11.9. The van der Waals surface area contributed by atoms with Crippen LogP contribution in [0.25, 0.3) is 5.57 Å². The minimum atomic E-state index is -1.05. The van der Waals surface area contributed by atoms with Gasteiger partial charge in [-0.25, -0.2) is 9.78 Å². The van der Waals surface area contributed by atoms with Gasteiger partial charge in [-0.15, -0.1) is 0 Å². The topological polar surface area (TPSA) is 90.8 Å². The Kier molecular flexibility index (Phi) is 6.51. The van der Waals surface area contributed by atoms with Crippen LogP contribution in [0.4, 0.5) is 0 Å². The highest BCUT2D eigenvalue weighted by Gasteiger charge is 2.28. The Morgan fingerprint density at radius 3 is 2.68 bits per heavy atom. The van der Waals surface area contributed by atoms with Crippen LogP contribution in [0.3, 0.4) is 0 Å².